The van der Waals surface area contributed by atoms with E-state index in [2.05, 4.69) is 20.5 Å². The van der Waals surface area contributed by atoms with Gasteiger partial charge < -0.3 is 10.6 Å². The number of benzene rings is 3. The number of aromatic nitrogens is 2. The standard InChI is InChI=1S/C32H30FN5O4S/c1-32(2,23-11-6-5-7-12-23)35-30(39)22-10-8-9-21(17-22)25-18-27-28(31(40)34-3)29(20-13-15-24(33)16-14-20)36-38(27)19-26(25)37-43(4,41)42/h5-19,37H,1-4H3,(H,34,40)(H,35,39). The van der Waals surface area contributed by atoms with Crippen molar-refractivity contribution >= 4 is 33.0 Å². The van der Waals surface area contributed by atoms with E-state index in [0.717, 1.165) is 11.8 Å². The summed E-state index contributed by atoms with van der Waals surface area (Å²) in [5.41, 5.74) is 3.18. The van der Waals surface area contributed by atoms with Crippen molar-refractivity contribution in [2.24, 2.45) is 0 Å². The van der Waals surface area contributed by atoms with Crippen molar-refractivity contribution in [2.45, 2.75) is 19.4 Å². The number of carbonyl (C=O) groups is 2. The molecule has 9 nitrogen and oxygen atoms in total. The second-order valence-corrected chi connectivity index (χ2v) is 12.4. The molecule has 0 bridgehead atoms. The van der Waals surface area contributed by atoms with E-state index in [-0.39, 0.29) is 22.9 Å². The lowest BCUT2D eigenvalue weighted by Gasteiger charge is -2.27. The molecule has 0 atom stereocenters. The molecule has 0 fully saturated rings. The van der Waals surface area contributed by atoms with Gasteiger partial charge in [-0.1, -0.05) is 42.5 Å². The number of carbonyl (C=O) groups excluding carboxylic acids is 2. The lowest BCUT2D eigenvalue weighted by molar-refractivity contribution is 0.0910. The predicted molar refractivity (Wildman–Crippen MR) is 165 cm³/mol. The summed E-state index contributed by atoms with van der Waals surface area (Å²) in [6.45, 7) is 3.82. The van der Waals surface area contributed by atoms with Crippen molar-refractivity contribution < 1.29 is 22.4 Å². The van der Waals surface area contributed by atoms with E-state index in [1.165, 1.54) is 42.0 Å². The summed E-state index contributed by atoms with van der Waals surface area (Å²) in [7, 11) is -2.24. The van der Waals surface area contributed by atoms with Crippen LogP contribution in [0.2, 0.25) is 0 Å². The van der Waals surface area contributed by atoms with Gasteiger partial charge >= 0.3 is 0 Å². The topological polar surface area (TPSA) is 122 Å². The number of nitrogens with zero attached hydrogens (tertiary/aromatic N) is 2. The molecule has 220 valence electrons. The Balaban J connectivity index is 1.65. The Morgan fingerprint density at radius 3 is 2.23 bits per heavy atom. The van der Waals surface area contributed by atoms with Crippen molar-refractivity contribution in [2.75, 3.05) is 18.0 Å². The first-order valence-electron chi connectivity index (χ1n) is 13.4. The molecular formula is C32H30FN5O4S. The molecule has 11 heteroatoms. The molecule has 0 aliphatic rings. The number of hydrogen-bond donors (Lipinski definition) is 3. The van der Waals surface area contributed by atoms with Crippen LogP contribution in [0.25, 0.3) is 27.9 Å². The van der Waals surface area contributed by atoms with Crippen molar-refractivity contribution in [1.29, 1.82) is 0 Å². The van der Waals surface area contributed by atoms with E-state index in [0.29, 0.717) is 27.8 Å². The van der Waals surface area contributed by atoms with E-state index in [1.807, 2.05) is 44.2 Å². The second-order valence-electron chi connectivity index (χ2n) is 10.6. The number of fused-ring (bicyclic) bond motifs is 1. The smallest absolute Gasteiger partial charge is 0.255 e. The highest BCUT2D eigenvalue weighted by atomic mass is 32.2. The van der Waals surface area contributed by atoms with Crippen LogP contribution in [-0.2, 0) is 15.6 Å². The SMILES string of the molecule is CNC(=O)c1c(-c2ccc(F)cc2)nn2cc(NS(C)(=O)=O)c(-c3cccc(C(=O)NC(C)(C)c4ccccc4)c3)cc12. The fraction of sp³-hybridized carbons (Fsp3) is 0.156. The highest BCUT2D eigenvalue weighted by Gasteiger charge is 2.25. The number of sulfonamides is 1. The zero-order valence-electron chi connectivity index (χ0n) is 24.0. The molecule has 0 saturated carbocycles. The Bertz CT molecular complexity index is 1950. The quantitative estimate of drug-likeness (QED) is 0.226. The molecule has 0 aliphatic carbocycles. The van der Waals surface area contributed by atoms with Crippen LogP contribution >= 0.6 is 0 Å². The average Bonchev–Trinajstić information content (AvgIpc) is 3.34. The summed E-state index contributed by atoms with van der Waals surface area (Å²) < 4.78 is 42.3. The lowest BCUT2D eigenvalue weighted by atomic mass is 9.93. The van der Waals surface area contributed by atoms with Gasteiger partial charge in [0.2, 0.25) is 10.0 Å². The minimum atomic E-state index is -3.73. The third-order valence-corrected chi connectivity index (χ3v) is 7.59. The third kappa shape index (κ3) is 6.26. The van der Waals surface area contributed by atoms with Gasteiger partial charge in [0, 0.05) is 23.7 Å². The second kappa shape index (κ2) is 11.3. The molecule has 2 amide bonds. The van der Waals surface area contributed by atoms with E-state index in [9.17, 15) is 22.4 Å². The molecule has 3 aromatic carbocycles. The van der Waals surface area contributed by atoms with E-state index >= 15 is 0 Å². The lowest BCUT2D eigenvalue weighted by Crippen LogP contribution is -2.40. The first-order chi connectivity index (χ1) is 20.4. The van der Waals surface area contributed by atoms with Crippen molar-refractivity contribution in [3.8, 4) is 22.4 Å². The minimum Gasteiger partial charge on any atom is -0.355 e. The maximum atomic E-state index is 13.7. The van der Waals surface area contributed by atoms with Gasteiger partial charge in [0.1, 0.15) is 11.5 Å². The molecule has 0 unspecified atom stereocenters. The van der Waals surface area contributed by atoms with Gasteiger partial charge in [0.15, 0.2) is 0 Å². The summed E-state index contributed by atoms with van der Waals surface area (Å²) in [6, 6.07) is 23.6. The van der Waals surface area contributed by atoms with Crippen LogP contribution < -0.4 is 15.4 Å². The van der Waals surface area contributed by atoms with Crippen LogP contribution in [0.1, 0.15) is 40.1 Å². The minimum absolute atomic E-state index is 0.189. The fourth-order valence-corrected chi connectivity index (χ4v) is 5.44. The van der Waals surface area contributed by atoms with Crippen molar-refractivity contribution in [1.82, 2.24) is 20.2 Å². The number of pyridine rings is 1. The average molecular weight is 600 g/mol. The van der Waals surface area contributed by atoms with Gasteiger partial charge in [-0.15, -0.1) is 0 Å². The monoisotopic (exact) mass is 599 g/mol. The Morgan fingerprint density at radius 1 is 0.884 bits per heavy atom. The van der Waals surface area contributed by atoms with E-state index in [1.54, 1.807) is 30.3 Å². The zero-order valence-corrected chi connectivity index (χ0v) is 24.8. The highest BCUT2D eigenvalue weighted by Crippen LogP contribution is 2.35. The number of amides is 2. The van der Waals surface area contributed by atoms with Crippen LogP contribution in [0.15, 0.2) is 91.1 Å². The Kier molecular flexibility index (Phi) is 7.76. The van der Waals surface area contributed by atoms with Crippen LogP contribution in [0.3, 0.4) is 0 Å². The molecule has 5 rings (SSSR count). The van der Waals surface area contributed by atoms with Gasteiger partial charge in [-0.05, 0) is 67.4 Å². The van der Waals surface area contributed by atoms with E-state index in [4.69, 9.17) is 0 Å². The van der Waals surface area contributed by atoms with Crippen LogP contribution in [0, 0.1) is 5.82 Å². The summed E-state index contributed by atoms with van der Waals surface area (Å²) in [5, 5.41) is 10.2. The molecule has 0 aliphatic heterocycles. The van der Waals surface area contributed by atoms with Crippen LogP contribution in [0.5, 0.6) is 0 Å². The van der Waals surface area contributed by atoms with Gasteiger partial charge in [-0.3, -0.25) is 14.3 Å². The maximum Gasteiger partial charge on any atom is 0.255 e. The number of nitrogens with one attached hydrogen (secondary N) is 3. The molecule has 5 aromatic rings. The number of anilines is 1. The Hall–Kier alpha value is -5.03. The number of hydrogen-bond acceptors (Lipinski definition) is 5. The van der Waals surface area contributed by atoms with Gasteiger partial charge in [0.05, 0.1) is 34.8 Å². The zero-order chi connectivity index (χ0) is 30.9. The molecular weight excluding hydrogens is 569 g/mol. The first kappa shape index (κ1) is 29.5. The molecule has 0 saturated heterocycles. The normalized spacial score (nSPS) is 11.7. The Morgan fingerprint density at radius 2 is 1.58 bits per heavy atom. The molecule has 2 heterocycles. The molecule has 0 radical (unpaired) electrons. The largest absolute Gasteiger partial charge is 0.355 e. The molecule has 3 N–H and O–H groups in total. The van der Waals surface area contributed by atoms with Crippen molar-refractivity contribution in [3.05, 3.63) is 114 Å². The summed E-state index contributed by atoms with van der Waals surface area (Å²) >= 11 is 0. The van der Waals surface area contributed by atoms with E-state index < -0.39 is 27.3 Å². The molecule has 0 spiro atoms. The molecule has 43 heavy (non-hydrogen) atoms. The highest BCUT2D eigenvalue weighted by molar-refractivity contribution is 7.92. The predicted octanol–water partition coefficient (Wildman–Crippen LogP) is 5.20. The van der Waals surface area contributed by atoms with Gasteiger partial charge in [-0.2, -0.15) is 5.10 Å². The summed E-state index contributed by atoms with van der Waals surface area (Å²) in [6.07, 6.45) is 2.50. The molecule has 2 aromatic heterocycles. The Labute approximate surface area is 248 Å². The third-order valence-electron chi connectivity index (χ3n) is 6.99. The van der Waals surface area contributed by atoms with Gasteiger partial charge in [0.25, 0.3) is 11.8 Å². The fourth-order valence-electron chi connectivity index (χ4n) is 4.88. The van der Waals surface area contributed by atoms with Crippen molar-refractivity contribution in [3.63, 3.8) is 0 Å². The number of halogens is 1. The summed E-state index contributed by atoms with van der Waals surface area (Å²) in [4.78, 5) is 26.5. The first-order valence-corrected chi connectivity index (χ1v) is 15.3. The maximum absolute atomic E-state index is 13.7. The summed E-state index contributed by atoms with van der Waals surface area (Å²) in [5.74, 6) is -1.18. The van der Waals surface area contributed by atoms with Crippen LogP contribution in [0.4, 0.5) is 10.1 Å². The van der Waals surface area contributed by atoms with Gasteiger partial charge in [-0.25, -0.2) is 17.3 Å². The number of rotatable bonds is 8. The van der Waals surface area contributed by atoms with Crippen LogP contribution in [-0.4, -0.2) is 43.1 Å².